The minimum Gasteiger partial charge on any atom is -0.351 e. The van der Waals surface area contributed by atoms with Crippen molar-refractivity contribution in [2.75, 3.05) is 44.7 Å². The number of hydrogen-bond donors (Lipinski definition) is 1. The van der Waals surface area contributed by atoms with Crippen molar-refractivity contribution in [3.05, 3.63) is 22.7 Å². The molecular weight excluding hydrogens is 360 g/mol. The smallest absolute Gasteiger partial charge is 0.260 e. The summed E-state index contributed by atoms with van der Waals surface area (Å²) in [5.41, 5.74) is 4.36. The Labute approximate surface area is 142 Å². The van der Waals surface area contributed by atoms with Crippen molar-refractivity contribution in [3.8, 4) is 0 Å². The summed E-state index contributed by atoms with van der Waals surface area (Å²) in [6.45, 7) is 4.05. The molecule has 1 fully saturated rings. The molecule has 0 aromatic heterocycles. The number of carbonyl (C=O) groups excluding carboxylic acids is 1. The highest BCUT2D eigenvalue weighted by Gasteiger charge is 2.34. The summed E-state index contributed by atoms with van der Waals surface area (Å²) in [6, 6.07) is 5.92. The normalized spacial score (nSPS) is 21.2. The zero-order valence-electron chi connectivity index (χ0n) is 12.8. The summed E-state index contributed by atoms with van der Waals surface area (Å²) >= 11 is 3.49. The van der Waals surface area contributed by atoms with Gasteiger partial charge in [-0.2, -0.15) is 5.10 Å². The molecule has 0 radical (unpaired) electrons. The van der Waals surface area contributed by atoms with Gasteiger partial charge < -0.3 is 14.7 Å². The van der Waals surface area contributed by atoms with Crippen molar-refractivity contribution in [2.24, 2.45) is 10.1 Å². The number of piperazine rings is 1. The number of benzene rings is 1. The Hall–Kier alpha value is -1.93. The van der Waals surface area contributed by atoms with Gasteiger partial charge in [-0.15, -0.1) is 0 Å². The Morgan fingerprint density at radius 3 is 2.74 bits per heavy atom. The van der Waals surface area contributed by atoms with E-state index in [2.05, 4.69) is 43.3 Å². The lowest BCUT2D eigenvalue weighted by atomic mass is 10.1. The monoisotopic (exact) mass is 376 g/mol. The summed E-state index contributed by atoms with van der Waals surface area (Å²) in [4.78, 5) is 23.1. The van der Waals surface area contributed by atoms with Crippen molar-refractivity contribution < 1.29 is 4.79 Å². The molecule has 0 saturated carbocycles. The first kappa shape index (κ1) is 14.6. The van der Waals surface area contributed by atoms with Crippen molar-refractivity contribution in [3.63, 3.8) is 0 Å². The van der Waals surface area contributed by atoms with Crippen molar-refractivity contribution in [1.29, 1.82) is 0 Å². The van der Waals surface area contributed by atoms with E-state index in [1.807, 2.05) is 23.1 Å². The molecule has 120 valence electrons. The third kappa shape index (κ3) is 2.61. The highest BCUT2D eigenvalue weighted by molar-refractivity contribution is 9.10. The Bertz CT molecular complexity index is 723. The van der Waals surface area contributed by atoms with Crippen LogP contribution < -0.4 is 10.3 Å². The molecule has 1 N–H and O–H groups in total. The molecule has 7 nitrogen and oxygen atoms in total. The molecule has 1 aromatic rings. The second-order valence-electron chi connectivity index (χ2n) is 5.92. The van der Waals surface area contributed by atoms with Gasteiger partial charge in [0.1, 0.15) is 6.54 Å². The topological polar surface area (TPSA) is 63.5 Å². The van der Waals surface area contributed by atoms with Gasteiger partial charge in [-0.3, -0.25) is 4.79 Å². The van der Waals surface area contributed by atoms with E-state index in [0.29, 0.717) is 0 Å². The maximum atomic E-state index is 11.8. The lowest BCUT2D eigenvalue weighted by Gasteiger charge is -2.40. The molecule has 1 saturated heterocycles. The minimum atomic E-state index is -0.112. The average molecular weight is 377 g/mol. The molecule has 0 aliphatic carbocycles. The highest BCUT2D eigenvalue weighted by Crippen LogP contribution is 2.36. The van der Waals surface area contributed by atoms with Crippen LogP contribution in [-0.2, 0) is 4.79 Å². The number of rotatable bonds is 0. The fourth-order valence-electron chi connectivity index (χ4n) is 3.00. The van der Waals surface area contributed by atoms with Crippen molar-refractivity contribution in [1.82, 2.24) is 15.2 Å². The van der Waals surface area contributed by atoms with E-state index in [4.69, 9.17) is 4.99 Å². The highest BCUT2D eigenvalue weighted by atomic mass is 79.9. The van der Waals surface area contributed by atoms with Gasteiger partial charge >= 0.3 is 0 Å². The predicted molar refractivity (Wildman–Crippen MR) is 93.2 cm³/mol. The largest absolute Gasteiger partial charge is 0.351 e. The van der Waals surface area contributed by atoms with Gasteiger partial charge in [0.25, 0.3) is 5.91 Å². The van der Waals surface area contributed by atoms with Crippen LogP contribution in [0.5, 0.6) is 0 Å². The lowest BCUT2D eigenvalue weighted by molar-refractivity contribution is -0.119. The van der Waals surface area contributed by atoms with Gasteiger partial charge in [-0.1, -0.05) is 15.9 Å². The molecule has 23 heavy (non-hydrogen) atoms. The number of likely N-dealkylation sites (N-methyl/N-ethyl adjacent to an activating group) is 1. The Morgan fingerprint density at radius 1 is 1.17 bits per heavy atom. The number of carbonyl (C=O) groups is 1. The lowest BCUT2D eigenvalue weighted by Crippen LogP contribution is -2.57. The van der Waals surface area contributed by atoms with Crippen LogP contribution in [0.25, 0.3) is 0 Å². The summed E-state index contributed by atoms with van der Waals surface area (Å²) in [6.07, 6.45) is 0. The van der Waals surface area contributed by atoms with Crippen molar-refractivity contribution >= 4 is 44.9 Å². The third-order valence-corrected chi connectivity index (χ3v) is 4.79. The predicted octanol–water partition coefficient (Wildman–Crippen LogP) is 0.990. The molecule has 0 atom stereocenters. The van der Waals surface area contributed by atoms with Gasteiger partial charge in [-0.25, -0.2) is 10.4 Å². The Kier molecular flexibility index (Phi) is 3.57. The van der Waals surface area contributed by atoms with Crippen LogP contribution in [0.3, 0.4) is 0 Å². The number of halogens is 1. The van der Waals surface area contributed by atoms with Gasteiger partial charge in [0.2, 0.25) is 0 Å². The SMILES string of the molecule is CN1CCN(C2=Nc3ccc(Br)cc3N3CC(=O)NN=C23)CC1. The zero-order valence-corrected chi connectivity index (χ0v) is 14.4. The number of fused-ring (bicyclic) bond motifs is 3. The molecule has 0 unspecified atom stereocenters. The number of nitrogens with one attached hydrogen (secondary N) is 1. The number of aliphatic imine (C=N–C) groups is 1. The molecule has 8 heteroatoms. The number of anilines is 1. The van der Waals surface area contributed by atoms with Crippen molar-refractivity contribution in [2.45, 2.75) is 0 Å². The van der Waals surface area contributed by atoms with Gasteiger partial charge in [0.05, 0.1) is 11.4 Å². The minimum absolute atomic E-state index is 0.112. The van der Waals surface area contributed by atoms with Crippen LogP contribution in [0.15, 0.2) is 32.8 Å². The molecule has 3 heterocycles. The first-order chi connectivity index (χ1) is 11.1. The van der Waals surface area contributed by atoms with E-state index >= 15 is 0 Å². The molecule has 0 spiro atoms. The Balaban J connectivity index is 1.78. The second-order valence-corrected chi connectivity index (χ2v) is 6.83. The molecule has 3 aliphatic rings. The standard InChI is InChI=1S/C15H17BrN6O/c1-20-4-6-21(7-5-20)14-15-19-18-13(23)9-22(15)12-8-10(16)2-3-11(12)17-14/h2-3,8H,4-7,9H2,1H3,(H,18,23). The quantitative estimate of drug-likeness (QED) is 0.733. The first-order valence-electron chi connectivity index (χ1n) is 7.58. The van der Waals surface area contributed by atoms with Crippen LogP contribution in [-0.4, -0.2) is 67.1 Å². The van der Waals surface area contributed by atoms with Gasteiger partial charge in [0.15, 0.2) is 11.7 Å². The number of hydrazone groups is 1. The molecule has 1 amide bonds. The van der Waals surface area contributed by atoms with E-state index in [1.54, 1.807) is 0 Å². The van der Waals surface area contributed by atoms with Crippen LogP contribution in [0.1, 0.15) is 0 Å². The molecule has 3 aliphatic heterocycles. The Morgan fingerprint density at radius 2 is 1.96 bits per heavy atom. The summed E-state index contributed by atoms with van der Waals surface area (Å²) < 4.78 is 0.958. The maximum Gasteiger partial charge on any atom is 0.260 e. The van der Waals surface area contributed by atoms with Crippen LogP contribution in [0, 0.1) is 0 Å². The van der Waals surface area contributed by atoms with Crippen LogP contribution in [0.2, 0.25) is 0 Å². The third-order valence-electron chi connectivity index (χ3n) is 4.30. The van der Waals surface area contributed by atoms with E-state index in [9.17, 15) is 4.79 Å². The number of hydrogen-bond acceptors (Lipinski definition) is 6. The average Bonchev–Trinajstić information content (AvgIpc) is 2.55. The second kappa shape index (κ2) is 5.61. The van der Waals surface area contributed by atoms with Crippen LogP contribution >= 0.6 is 15.9 Å². The maximum absolute atomic E-state index is 11.8. The number of nitrogens with zero attached hydrogens (tertiary/aromatic N) is 5. The molecular formula is C15H17BrN6O. The molecule has 1 aromatic carbocycles. The van der Waals surface area contributed by atoms with E-state index in [1.165, 1.54) is 0 Å². The number of amidine groups is 2. The number of amides is 1. The van der Waals surface area contributed by atoms with E-state index in [-0.39, 0.29) is 12.5 Å². The summed E-state index contributed by atoms with van der Waals surface area (Å²) in [5.74, 6) is 1.45. The zero-order chi connectivity index (χ0) is 16.0. The summed E-state index contributed by atoms with van der Waals surface area (Å²) in [5, 5.41) is 4.28. The van der Waals surface area contributed by atoms with Crippen LogP contribution in [0.4, 0.5) is 11.4 Å². The first-order valence-corrected chi connectivity index (χ1v) is 8.37. The fourth-order valence-corrected chi connectivity index (χ4v) is 3.35. The molecule has 4 rings (SSSR count). The molecule has 0 bridgehead atoms. The van der Waals surface area contributed by atoms with Gasteiger partial charge in [0, 0.05) is 30.7 Å². The van der Waals surface area contributed by atoms with Gasteiger partial charge in [-0.05, 0) is 25.2 Å². The van der Waals surface area contributed by atoms with E-state index in [0.717, 1.165) is 53.7 Å². The summed E-state index contributed by atoms with van der Waals surface area (Å²) in [7, 11) is 2.12. The fraction of sp³-hybridized carbons (Fsp3) is 0.400. The van der Waals surface area contributed by atoms with E-state index < -0.39 is 0 Å².